The van der Waals surface area contributed by atoms with Gasteiger partial charge in [-0.3, -0.25) is 13.9 Å². The van der Waals surface area contributed by atoms with Crippen LogP contribution in [0, 0.1) is 11.3 Å². The molecule has 1 aliphatic heterocycles. The van der Waals surface area contributed by atoms with Crippen LogP contribution in [0.15, 0.2) is 77.8 Å². The van der Waals surface area contributed by atoms with Gasteiger partial charge in [0.15, 0.2) is 12.4 Å². The third kappa shape index (κ3) is 3.85. The molecule has 0 bridgehead atoms. The highest BCUT2D eigenvalue weighted by Gasteiger charge is 2.37. The molecule has 10 nitrogen and oxygen atoms in total. The molecule has 1 aromatic heterocycles. The molecular formula is C24H17N5O5S. The van der Waals surface area contributed by atoms with Crippen LogP contribution in [-0.2, 0) is 24.3 Å². The third-order valence-electron chi connectivity index (χ3n) is 5.47. The Morgan fingerprint density at radius 2 is 1.77 bits per heavy atom. The first-order chi connectivity index (χ1) is 16.9. The van der Waals surface area contributed by atoms with E-state index in [4.69, 9.17) is 4.74 Å². The molecule has 0 fully saturated rings. The van der Waals surface area contributed by atoms with E-state index < -0.39 is 35.1 Å². The van der Waals surface area contributed by atoms with Gasteiger partial charge in [-0.2, -0.15) is 10.4 Å². The Morgan fingerprint density at radius 3 is 2.51 bits per heavy atom. The zero-order valence-electron chi connectivity index (χ0n) is 18.1. The highest BCUT2D eigenvalue weighted by Crippen LogP contribution is 2.41. The standard InChI is InChI=1S/C24H17N5O5S/c25-12-17-13-26-29(18-8-2-1-3-9-18)24(17)27-21(30)15-34-22(31)14-28-19-10-4-6-16-7-5-11-20(23(16)19)35(28,32)33/h1-11,13H,14-15H2,(H,27,30). The molecule has 11 heteroatoms. The summed E-state index contributed by atoms with van der Waals surface area (Å²) in [6.45, 7) is -1.26. The van der Waals surface area contributed by atoms with Crippen molar-refractivity contribution in [3.63, 3.8) is 0 Å². The van der Waals surface area contributed by atoms with Crippen LogP contribution in [-0.4, -0.2) is 43.2 Å². The lowest BCUT2D eigenvalue weighted by Crippen LogP contribution is -2.35. The fourth-order valence-electron chi connectivity index (χ4n) is 3.92. The van der Waals surface area contributed by atoms with E-state index in [1.165, 1.54) is 16.9 Å². The number of esters is 1. The molecule has 174 valence electrons. The van der Waals surface area contributed by atoms with Gasteiger partial charge in [-0.15, -0.1) is 0 Å². The summed E-state index contributed by atoms with van der Waals surface area (Å²) in [5.41, 5.74) is 1.13. The lowest BCUT2D eigenvalue weighted by molar-refractivity contribution is -0.145. The van der Waals surface area contributed by atoms with Gasteiger partial charge in [0.1, 0.15) is 18.2 Å². The molecule has 0 radical (unpaired) electrons. The van der Waals surface area contributed by atoms with Crippen LogP contribution >= 0.6 is 0 Å². The topological polar surface area (TPSA) is 134 Å². The van der Waals surface area contributed by atoms with E-state index in [0.717, 1.165) is 9.69 Å². The van der Waals surface area contributed by atoms with E-state index in [1.54, 1.807) is 54.6 Å². The smallest absolute Gasteiger partial charge is 0.327 e. The van der Waals surface area contributed by atoms with Crippen molar-refractivity contribution in [3.8, 4) is 11.8 Å². The van der Waals surface area contributed by atoms with E-state index in [0.29, 0.717) is 16.8 Å². The fraction of sp³-hybridized carbons (Fsp3) is 0.0833. The number of sulfonamides is 1. The number of nitrogens with zero attached hydrogens (tertiary/aromatic N) is 4. The Bertz CT molecular complexity index is 1620. The maximum atomic E-state index is 13.0. The SMILES string of the molecule is N#Cc1cnn(-c2ccccc2)c1NC(=O)COC(=O)CN1c2cccc3cccc(c23)S1(=O)=O. The van der Waals surface area contributed by atoms with Crippen molar-refractivity contribution in [2.24, 2.45) is 0 Å². The van der Waals surface area contributed by atoms with Crippen LogP contribution in [0.1, 0.15) is 5.56 Å². The second-order valence-corrected chi connectivity index (χ2v) is 9.45. The van der Waals surface area contributed by atoms with E-state index in [2.05, 4.69) is 10.4 Å². The molecule has 3 aromatic carbocycles. The maximum Gasteiger partial charge on any atom is 0.327 e. The molecular weight excluding hydrogens is 470 g/mol. The predicted octanol–water partition coefficient (Wildman–Crippen LogP) is 2.59. The summed E-state index contributed by atoms with van der Waals surface area (Å²) in [4.78, 5) is 25.1. The molecule has 5 rings (SSSR count). The van der Waals surface area contributed by atoms with Crippen molar-refractivity contribution in [3.05, 3.63) is 78.5 Å². The number of nitrogens with one attached hydrogen (secondary N) is 1. The average molecular weight is 487 g/mol. The van der Waals surface area contributed by atoms with E-state index >= 15 is 0 Å². The summed E-state index contributed by atoms with van der Waals surface area (Å²) < 4.78 is 33.4. The molecule has 1 amide bonds. The second kappa shape index (κ2) is 8.58. The number of carbonyl (C=O) groups excluding carboxylic acids is 2. The molecule has 1 N–H and O–H groups in total. The predicted molar refractivity (Wildman–Crippen MR) is 126 cm³/mol. The van der Waals surface area contributed by atoms with E-state index in [1.807, 2.05) is 12.1 Å². The number of amides is 1. The number of rotatable bonds is 6. The maximum absolute atomic E-state index is 13.0. The highest BCUT2D eigenvalue weighted by molar-refractivity contribution is 7.93. The summed E-state index contributed by atoms with van der Waals surface area (Å²) in [6.07, 6.45) is 1.31. The minimum atomic E-state index is -3.93. The number of aromatic nitrogens is 2. The van der Waals surface area contributed by atoms with Crippen LogP contribution < -0.4 is 9.62 Å². The molecule has 4 aromatic rings. The number of ether oxygens (including phenoxy) is 1. The Morgan fingerprint density at radius 1 is 1.03 bits per heavy atom. The number of anilines is 2. The number of carbonyl (C=O) groups is 2. The zero-order chi connectivity index (χ0) is 24.6. The van der Waals surface area contributed by atoms with Crippen molar-refractivity contribution in [2.45, 2.75) is 4.90 Å². The summed E-state index contributed by atoms with van der Waals surface area (Å²) >= 11 is 0. The first-order valence-corrected chi connectivity index (χ1v) is 11.9. The number of para-hydroxylation sites is 1. The quantitative estimate of drug-likeness (QED) is 0.413. The third-order valence-corrected chi connectivity index (χ3v) is 7.27. The number of benzene rings is 3. The molecule has 0 atom stereocenters. The number of hydrogen-bond donors (Lipinski definition) is 1. The van der Waals surface area contributed by atoms with Crippen molar-refractivity contribution < 1.29 is 22.7 Å². The van der Waals surface area contributed by atoms with Crippen molar-refractivity contribution >= 4 is 44.2 Å². The Hall–Kier alpha value is -4.69. The van der Waals surface area contributed by atoms with Gasteiger partial charge in [-0.05, 0) is 29.7 Å². The van der Waals surface area contributed by atoms with Crippen LogP contribution in [0.4, 0.5) is 11.5 Å². The summed E-state index contributed by atoms with van der Waals surface area (Å²) in [5.74, 6) is -1.48. The summed E-state index contributed by atoms with van der Waals surface area (Å²) in [7, 11) is -3.93. The molecule has 0 saturated carbocycles. The summed E-state index contributed by atoms with van der Waals surface area (Å²) in [5, 5.41) is 17.3. The highest BCUT2D eigenvalue weighted by atomic mass is 32.2. The normalized spacial score (nSPS) is 13.4. The largest absolute Gasteiger partial charge is 0.454 e. The Balaban J connectivity index is 1.28. The van der Waals surface area contributed by atoms with E-state index in [9.17, 15) is 23.3 Å². The molecule has 1 aliphatic rings. The van der Waals surface area contributed by atoms with Gasteiger partial charge in [-0.25, -0.2) is 13.1 Å². The number of hydrogen-bond acceptors (Lipinski definition) is 7. The monoisotopic (exact) mass is 487 g/mol. The van der Waals surface area contributed by atoms with Crippen LogP contribution in [0.2, 0.25) is 0 Å². The van der Waals surface area contributed by atoms with Crippen LogP contribution in [0.3, 0.4) is 0 Å². The number of nitriles is 1. The van der Waals surface area contributed by atoms with Crippen LogP contribution in [0.5, 0.6) is 0 Å². The van der Waals surface area contributed by atoms with Gasteiger partial charge in [0.05, 0.1) is 22.5 Å². The first-order valence-electron chi connectivity index (χ1n) is 10.4. The molecule has 0 saturated heterocycles. The summed E-state index contributed by atoms with van der Waals surface area (Å²) in [6, 6.07) is 20.9. The van der Waals surface area contributed by atoms with Gasteiger partial charge in [0.2, 0.25) is 0 Å². The van der Waals surface area contributed by atoms with Crippen LogP contribution in [0.25, 0.3) is 16.5 Å². The lowest BCUT2D eigenvalue weighted by Gasteiger charge is -2.17. The van der Waals surface area contributed by atoms with Crippen molar-refractivity contribution in [1.29, 1.82) is 5.26 Å². The molecule has 0 unspecified atom stereocenters. The fourth-order valence-corrected chi connectivity index (χ4v) is 5.58. The van der Waals surface area contributed by atoms with Gasteiger partial charge in [0.25, 0.3) is 15.9 Å². The lowest BCUT2D eigenvalue weighted by atomic mass is 10.1. The van der Waals surface area contributed by atoms with Gasteiger partial charge in [0, 0.05) is 5.39 Å². The molecule has 2 heterocycles. The van der Waals surface area contributed by atoms with E-state index in [-0.39, 0.29) is 16.3 Å². The minimum absolute atomic E-state index is 0.120. The Kier molecular flexibility index (Phi) is 5.43. The molecule has 0 spiro atoms. The van der Waals surface area contributed by atoms with Gasteiger partial charge < -0.3 is 10.1 Å². The first kappa shape index (κ1) is 22.1. The van der Waals surface area contributed by atoms with Gasteiger partial charge >= 0.3 is 5.97 Å². The molecule has 0 aliphatic carbocycles. The second-order valence-electron chi connectivity index (χ2n) is 7.62. The van der Waals surface area contributed by atoms with Crippen molar-refractivity contribution in [1.82, 2.24) is 9.78 Å². The minimum Gasteiger partial charge on any atom is -0.454 e. The average Bonchev–Trinajstić information content (AvgIpc) is 3.36. The zero-order valence-corrected chi connectivity index (χ0v) is 18.9. The Labute approximate surface area is 200 Å². The van der Waals surface area contributed by atoms with Crippen molar-refractivity contribution in [2.75, 3.05) is 22.8 Å². The van der Waals surface area contributed by atoms with Gasteiger partial charge in [-0.1, -0.05) is 42.5 Å². The molecule has 35 heavy (non-hydrogen) atoms.